The molecule has 0 atom stereocenters. The molecule has 7 nitrogen and oxygen atoms in total. The van der Waals surface area contributed by atoms with E-state index in [9.17, 15) is 0 Å². The van der Waals surface area contributed by atoms with Crippen molar-refractivity contribution >= 4 is 11.9 Å². The predicted octanol–water partition coefficient (Wildman–Crippen LogP) is 1.74. The van der Waals surface area contributed by atoms with E-state index in [0.29, 0.717) is 0 Å². The van der Waals surface area contributed by atoms with E-state index in [2.05, 4.69) is 34.9 Å². The number of hydrogen-bond acceptors (Lipinski definition) is 5. The van der Waals surface area contributed by atoms with Gasteiger partial charge in [-0.25, -0.2) is 9.59 Å². The minimum absolute atomic E-state index is 0.840. The number of carboxylic acid groups (broad SMARTS) is 2. The highest BCUT2D eigenvalue weighted by Gasteiger charge is 2.15. The number of likely N-dealkylation sites (N-methyl/N-ethyl adjacent to an activating group) is 1. The average Bonchev–Trinajstić information content (AvgIpc) is 3.14. The summed E-state index contributed by atoms with van der Waals surface area (Å²) in [5.74, 6) is -2.59. The molecule has 0 radical (unpaired) electrons. The number of carbonyl (C=O) groups is 2. The van der Waals surface area contributed by atoms with E-state index in [0.717, 1.165) is 18.8 Å². The minimum atomic E-state index is -1.82. The van der Waals surface area contributed by atoms with Crippen molar-refractivity contribution in [2.45, 2.75) is 32.6 Å². The van der Waals surface area contributed by atoms with Crippen molar-refractivity contribution in [3.8, 4) is 5.75 Å². The third-order valence-electron chi connectivity index (χ3n) is 5.05. The van der Waals surface area contributed by atoms with Gasteiger partial charge in [-0.15, -0.1) is 0 Å². The highest BCUT2D eigenvalue weighted by atomic mass is 16.5. The Morgan fingerprint density at radius 3 is 2.26 bits per heavy atom. The van der Waals surface area contributed by atoms with Gasteiger partial charge in [-0.3, -0.25) is 0 Å². The molecule has 27 heavy (non-hydrogen) atoms. The number of fused-ring (bicyclic) bond motifs is 1. The molecule has 2 aliphatic rings. The molecule has 1 aromatic rings. The van der Waals surface area contributed by atoms with Crippen LogP contribution in [-0.2, 0) is 22.4 Å². The number of ether oxygens (including phenoxy) is 1. The molecule has 1 saturated heterocycles. The van der Waals surface area contributed by atoms with E-state index in [1.54, 1.807) is 0 Å². The molecule has 3 rings (SSSR count). The maximum atomic E-state index is 9.10. The molecule has 0 amide bonds. The van der Waals surface area contributed by atoms with Crippen LogP contribution in [0.5, 0.6) is 5.75 Å². The molecule has 0 saturated carbocycles. The number of carboxylic acids is 2. The van der Waals surface area contributed by atoms with E-state index >= 15 is 0 Å². The first-order valence-corrected chi connectivity index (χ1v) is 9.65. The fraction of sp³-hybridized carbons (Fsp3) is 0.600. The Morgan fingerprint density at radius 2 is 1.63 bits per heavy atom. The number of benzene rings is 1. The second-order valence-corrected chi connectivity index (χ2v) is 6.87. The fourth-order valence-electron chi connectivity index (χ4n) is 3.45. The molecule has 1 aliphatic carbocycles. The number of nitrogens with zero attached hydrogens (tertiary/aromatic N) is 2. The first-order valence-electron chi connectivity index (χ1n) is 9.65. The van der Waals surface area contributed by atoms with Crippen LogP contribution in [0.2, 0.25) is 0 Å². The van der Waals surface area contributed by atoms with Crippen molar-refractivity contribution in [3.63, 3.8) is 0 Å². The summed E-state index contributed by atoms with van der Waals surface area (Å²) in [6.07, 6.45) is 4.92. The van der Waals surface area contributed by atoms with Gasteiger partial charge in [0.25, 0.3) is 0 Å². The number of aliphatic carboxylic acids is 2. The molecule has 0 unspecified atom stereocenters. The molecule has 0 bridgehead atoms. The zero-order valence-electron chi connectivity index (χ0n) is 16.0. The maximum Gasteiger partial charge on any atom is 0.414 e. The van der Waals surface area contributed by atoms with E-state index in [-0.39, 0.29) is 0 Å². The molecule has 7 heteroatoms. The van der Waals surface area contributed by atoms with E-state index < -0.39 is 11.9 Å². The van der Waals surface area contributed by atoms with Gasteiger partial charge in [0.15, 0.2) is 0 Å². The van der Waals surface area contributed by atoms with Crippen LogP contribution < -0.4 is 4.74 Å². The third-order valence-corrected chi connectivity index (χ3v) is 5.05. The summed E-state index contributed by atoms with van der Waals surface area (Å²) in [6, 6.07) is 6.65. The zero-order valence-corrected chi connectivity index (χ0v) is 16.0. The van der Waals surface area contributed by atoms with Crippen LogP contribution in [0.25, 0.3) is 0 Å². The minimum Gasteiger partial charge on any atom is -0.494 e. The smallest absolute Gasteiger partial charge is 0.414 e. The zero-order chi connectivity index (χ0) is 19.6. The van der Waals surface area contributed by atoms with Gasteiger partial charge < -0.3 is 24.7 Å². The molecular formula is C20H30N2O5. The third kappa shape index (κ3) is 7.19. The molecule has 1 aliphatic heterocycles. The van der Waals surface area contributed by atoms with Gasteiger partial charge in [-0.2, -0.15) is 0 Å². The summed E-state index contributed by atoms with van der Waals surface area (Å²) in [5.41, 5.74) is 3.03. The summed E-state index contributed by atoms with van der Waals surface area (Å²) in [7, 11) is 0. The Morgan fingerprint density at radius 1 is 1.00 bits per heavy atom. The average molecular weight is 378 g/mol. The van der Waals surface area contributed by atoms with E-state index in [1.807, 2.05) is 0 Å². The Hall–Kier alpha value is -2.12. The standard InChI is InChI=1S/C18H28N2O.C2H2O4/c1-2-19-10-12-20(13-11-19)9-4-14-21-18-8-7-16-5-3-6-17(16)15-18;3-1(4)2(5)6/h7-8,15H,2-6,9-14H2,1H3;(H,3,4)(H,5,6). The molecule has 150 valence electrons. The second kappa shape index (κ2) is 10.9. The van der Waals surface area contributed by atoms with Crippen LogP contribution >= 0.6 is 0 Å². The van der Waals surface area contributed by atoms with Gasteiger partial charge in [0, 0.05) is 32.7 Å². The van der Waals surface area contributed by atoms with Crippen molar-refractivity contribution in [1.82, 2.24) is 9.80 Å². The Balaban J connectivity index is 0.000000380. The van der Waals surface area contributed by atoms with Gasteiger partial charge in [0.1, 0.15) is 5.75 Å². The lowest BCUT2D eigenvalue weighted by Gasteiger charge is -2.33. The second-order valence-electron chi connectivity index (χ2n) is 6.87. The largest absolute Gasteiger partial charge is 0.494 e. The molecule has 1 aromatic carbocycles. The first-order chi connectivity index (χ1) is 13.0. The Labute approximate surface area is 160 Å². The molecule has 0 aromatic heterocycles. The summed E-state index contributed by atoms with van der Waals surface area (Å²) in [4.78, 5) is 23.3. The monoisotopic (exact) mass is 378 g/mol. The summed E-state index contributed by atoms with van der Waals surface area (Å²) in [6.45, 7) is 10.3. The topological polar surface area (TPSA) is 90.3 Å². The normalized spacial score (nSPS) is 16.9. The molecule has 0 spiro atoms. The van der Waals surface area contributed by atoms with Crippen LogP contribution in [0.4, 0.5) is 0 Å². The van der Waals surface area contributed by atoms with Gasteiger partial charge >= 0.3 is 11.9 Å². The Bertz CT molecular complexity index is 615. The van der Waals surface area contributed by atoms with Crippen molar-refractivity contribution in [2.75, 3.05) is 45.9 Å². The lowest BCUT2D eigenvalue weighted by Crippen LogP contribution is -2.46. The van der Waals surface area contributed by atoms with Gasteiger partial charge in [-0.1, -0.05) is 13.0 Å². The number of hydrogen-bond donors (Lipinski definition) is 2. The van der Waals surface area contributed by atoms with Crippen LogP contribution in [0.1, 0.15) is 30.9 Å². The van der Waals surface area contributed by atoms with Crippen molar-refractivity contribution in [2.24, 2.45) is 0 Å². The number of piperazine rings is 1. The highest BCUT2D eigenvalue weighted by Crippen LogP contribution is 2.26. The maximum absolute atomic E-state index is 9.10. The predicted molar refractivity (Wildman–Crippen MR) is 102 cm³/mol. The van der Waals surface area contributed by atoms with Gasteiger partial charge in [0.05, 0.1) is 6.61 Å². The van der Waals surface area contributed by atoms with Crippen molar-refractivity contribution < 1.29 is 24.5 Å². The van der Waals surface area contributed by atoms with E-state index in [4.69, 9.17) is 24.5 Å². The lowest BCUT2D eigenvalue weighted by atomic mass is 10.1. The van der Waals surface area contributed by atoms with E-state index in [1.165, 1.54) is 69.7 Å². The summed E-state index contributed by atoms with van der Waals surface area (Å²) < 4.78 is 5.93. The van der Waals surface area contributed by atoms with Crippen molar-refractivity contribution in [3.05, 3.63) is 29.3 Å². The molecule has 1 fully saturated rings. The fourth-order valence-corrected chi connectivity index (χ4v) is 3.45. The quantitative estimate of drug-likeness (QED) is 0.575. The number of rotatable bonds is 6. The van der Waals surface area contributed by atoms with Crippen LogP contribution in [0.15, 0.2) is 18.2 Å². The SMILES string of the molecule is CCN1CCN(CCCOc2ccc3c(c2)CCC3)CC1.O=C(O)C(=O)O. The first kappa shape index (κ1) is 21.2. The van der Waals surface area contributed by atoms with Gasteiger partial charge in [0.2, 0.25) is 0 Å². The van der Waals surface area contributed by atoms with Crippen molar-refractivity contribution in [1.29, 1.82) is 0 Å². The highest BCUT2D eigenvalue weighted by molar-refractivity contribution is 6.27. The van der Waals surface area contributed by atoms with Crippen LogP contribution in [0, 0.1) is 0 Å². The lowest BCUT2D eigenvalue weighted by molar-refractivity contribution is -0.159. The molecule has 1 heterocycles. The van der Waals surface area contributed by atoms with Gasteiger partial charge in [-0.05, 0) is 55.5 Å². The summed E-state index contributed by atoms with van der Waals surface area (Å²) >= 11 is 0. The Kier molecular flexibility index (Phi) is 8.54. The van der Waals surface area contributed by atoms with Crippen LogP contribution in [-0.4, -0.2) is 77.8 Å². The molecule has 2 N–H and O–H groups in total. The molecular weight excluding hydrogens is 348 g/mol. The summed E-state index contributed by atoms with van der Waals surface area (Å²) in [5, 5.41) is 14.8. The van der Waals surface area contributed by atoms with Crippen LogP contribution in [0.3, 0.4) is 0 Å². The number of aryl methyl sites for hydroxylation is 2.